The average Bonchev–Trinajstić information content (AvgIpc) is 2.65. The zero-order chi connectivity index (χ0) is 19.9. The summed E-state index contributed by atoms with van der Waals surface area (Å²) in [7, 11) is 0. The summed E-state index contributed by atoms with van der Waals surface area (Å²) in [6.45, 7) is 5.47. The molecule has 0 bridgehead atoms. The van der Waals surface area contributed by atoms with Gasteiger partial charge >= 0.3 is 0 Å². The molecule has 2 aromatic carbocycles. The average molecular weight is 367 g/mol. The van der Waals surface area contributed by atoms with E-state index in [4.69, 9.17) is 0 Å². The van der Waals surface area contributed by atoms with Gasteiger partial charge in [0, 0.05) is 0 Å². The molecule has 0 saturated carbocycles. The van der Waals surface area contributed by atoms with Crippen molar-refractivity contribution in [2.75, 3.05) is 0 Å². The number of hydrogen-bond donors (Lipinski definition) is 3. The van der Waals surface area contributed by atoms with Gasteiger partial charge in [0.15, 0.2) is 0 Å². The highest BCUT2D eigenvalue weighted by Crippen LogP contribution is 2.19. The van der Waals surface area contributed by atoms with E-state index in [0.29, 0.717) is 0 Å². The fourth-order valence-corrected chi connectivity index (χ4v) is 2.92. The molecule has 144 valence electrons. The summed E-state index contributed by atoms with van der Waals surface area (Å²) >= 11 is 0. The van der Waals surface area contributed by atoms with Crippen molar-refractivity contribution in [2.24, 2.45) is 0 Å². The monoisotopic (exact) mass is 366 g/mol. The molecule has 0 amide bonds. The molecule has 0 fully saturated rings. The number of aryl methyl sites for hydroxylation is 2. The van der Waals surface area contributed by atoms with Crippen molar-refractivity contribution in [1.82, 2.24) is 0 Å². The van der Waals surface area contributed by atoms with E-state index in [1.165, 1.54) is 11.1 Å². The standard InChI is InChI=1S/C24H30O3/c1-18(6-5-13-24(2,3)27)21-8-4-7-19(14-21)9-10-20-11-12-22(16-25)23(15-20)17-26/h4-8,11-15,25-27H,9-10,16-17H2,1-3H3/b13-5+,18-6-. The van der Waals surface area contributed by atoms with Crippen LogP contribution in [0.15, 0.2) is 60.7 Å². The van der Waals surface area contributed by atoms with Crippen LogP contribution in [0.25, 0.3) is 5.57 Å². The topological polar surface area (TPSA) is 60.7 Å². The lowest BCUT2D eigenvalue weighted by atomic mass is 9.97. The predicted octanol–water partition coefficient (Wildman–Crippen LogP) is 4.19. The number of rotatable bonds is 8. The van der Waals surface area contributed by atoms with E-state index in [-0.39, 0.29) is 13.2 Å². The summed E-state index contributed by atoms with van der Waals surface area (Å²) in [5.41, 5.74) is 5.49. The highest BCUT2D eigenvalue weighted by molar-refractivity contribution is 5.65. The quantitative estimate of drug-likeness (QED) is 0.614. The Balaban J connectivity index is 2.07. The number of aliphatic hydroxyl groups excluding tert-OH is 2. The second-order valence-electron chi connectivity index (χ2n) is 7.48. The Morgan fingerprint density at radius 3 is 2.22 bits per heavy atom. The molecule has 0 spiro atoms. The fraction of sp³-hybridized carbons (Fsp3) is 0.333. The van der Waals surface area contributed by atoms with E-state index >= 15 is 0 Å². The summed E-state index contributed by atoms with van der Waals surface area (Å²) in [5.74, 6) is 0. The molecule has 2 aromatic rings. The Morgan fingerprint density at radius 1 is 0.926 bits per heavy atom. The number of hydrogen-bond acceptors (Lipinski definition) is 3. The second kappa shape index (κ2) is 9.65. The van der Waals surface area contributed by atoms with Gasteiger partial charge in [0.1, 0.15) is 0 Å². The molecule has 27 heavy (non-hydrogen) atoms. The van der Waals surface area contributed by atoms with Crippen LogP contribution in [-0.4, -0.2) is 20.9 Å². The van der Waals surface area contributed by atoms with Crippen molar-refractivity contribution in [3.8, 4) is 0 Å². The molecule has 3 heteroatoms. The van der Waals surface area contributed by atoms with Crippen LogP contribution in [0.5, 0.6) is 0 Å². The third kappa shape index (κ3) is 6.79. The van der Waals surface area contributed by atoms with Crippen LogP contribution in [0.2, 0.25) is 0 Å². The van der Waals surface area contributed by atoms with E-state index in [1.807, 2.05) is 30.4 Å². The molecule has 0 heterocycles. The minimum absolute atomic E-state index is 0.0499. The highest BCUT2D eigenvalue weighted by Gasteiger charge is 2.06. The number of aliphatic hydroxyl groups is 3. The molecule has 3 N–H and O–H groups in total. The predicted molar refractivity (Wildman–Crippen MR) is 111 cm³/mol. The van der Waals surface area contributed by atoms with Gasteiger partial charge in [-0.25, -0.2) is 0 Å². The van der Waals surface area contributed by atoms with Gasteiger partial charge in [-0.15, -0.1) is 0 Å². The molecule has 0 atom stereocenters. The van der Waals surface area contributed by atoms with E-state index < -0.39 is 5.60 Å². The largest absolute Gasteiger partial charge is 0.392 e. The van der Waals surface area contributed by atoms with Crippen molar-refractivity contribution < 1.29 is 15.3 Å². The van der Waals surface area contributed by atoms with Gasteiger partial charge in [0.2, 0.25) is 0 Å². The SMILES string of the molecule is C/C(=C/C=C/C(C)(C)O)c1cccc(CCc2ccc(CO)c(CO)c2)c1. The third-order valence-electron chi connectivity index (χ3n) is 4.55. The molecule has 0 unspecified atom stereocenters. The van der Waals surface area contributed by atoms with Gasteiger partial charge in [0.25, 0.3) is 0 Å². The van der Waals surface area contributed by atoms with Crippen LogP contribution in [0, 0.1) is 0 Å². The summed E-state index contributed by atoms with van der Waals surface area (Å²) in [4.78, 5) is 0. The maximum atomic E-state index is 9.75. The molecule has 0 saturated heterocycles. The minimum atomic E-state index is -0.808. The van der Waals surface area contributed by atoms with Crippen LogP contribution in [0.3, 0.4) is 0 Å². The smallest absolute Gasteiger partial charge is 0.0774 e. The van der Waals surface area contributed by atoms with Gasteiger partial charge in [-0.05, 0) is 67.0 Å². The van der Waals surface area contributed by atoms with E-state index in [0.717, 1.165) is 35.1 Å². The van der Waals surface area contributed by atoms with Gasteiger partial charge in [0.05, 0.1) is 18.8 Å². The lowest BCUT2D eigenvalue weighted by molar-refractivity contribution is 0.133. The Labute approximate surface area is 162 Å². The molecule has 0 aliphatic heterocycles. The van der Waals surface area contributed by atoms with Crippen molar-refractivity contribution in [3.63, 3.8) is 0 Å². The van der Waals surface area contributed by atoms with Crippen molar-refractivity contribution in [2.45, 2.75) is 52.4 Å². The number of allylic oxidation sites excluding steroid dienone is 3. The Bertz CT molecular complexity index is 811. The fourth-order valence-electron chi connectivity index (χ4n) is 2.92. The first-order chi connectivity index (χ1) is 12.8. The lowest BCUT2D eigenvalue weighted by Crippen LogP contribution is -2.13. The van der Waals surface area contributed by atoms with E-state index in [9.17, 15) is 15.3 Å². The van der Waals surface area contributed by atoms with Crippen LogP contribution in [0.4, 0.5) is 0 Å². The third-order valence-corrected chi connectivity index (χ3v) is 4.55. The van der Waals surface area contributed by atoms with Gasteiger partial charge in [-0.3, -0.25) is 0 Å². The normalized spacial score (nSPS) is 12.7. The van der Waals surface area contributed by atoms with Crippen molar-refractivity contribution in [3.05, 3.63) is 88.5 Å². The molecule has 2 rings (SSSR count). The van der Waals surface area contributed by atoms with Crippen LogP contribution >= 0.6 is 0 Å². The minimum Gasteiger partial charge on any atom is -0.392 e. The first-order valence-electron chi connectivity index (χ1n) is 9.32. The zero-order valence-corrected chi connectivity index (χ0v) is 16.4. The molecular weight excluding hydrogens is 336 g/mol. The Kier molecular flexibility index (Phi) is 7.55. The molecule has 3 nitrogen and oxygen atoms in total. The van der Waals surface area contributed by atoms with Crippen molar-refractivity contribution >= 4 is 5.57 Å². The van der Waals surface area contributed by atoms with Gasteiger partial charge < -0.3 is 15.3 Å². The summed E-state index contributed by atoms with van der Waals surface area (Å²) in [6.07, 6.45) is 7.46. The molecule has 0 aromatic heterocycles. The Morgan fingerprint density at radius 2 is 1.59 bits per heavy atom. The highest BCUT2D eigenvalue weighted by atomic mass is 16.3. The van der Waals surface area contributed by atoms with Crippen molar-refractivity contribution in [1.29, 1.82) is 0 Å². The molecule has 0 radical (unpaired) electrons. The molecule has 0 aliphatic rings. The summed E-state index contributed by atoms with van der Waals surface area (Å²) in [5, 5.41) is 28.5. The maximum absolute atomic E-state index is 9.75. The Hall–Kier alpha value is -2.20. The van der Waals surface area contributed by atoms with E-state index in [2.05, 4.69) is 31.2 Å². The van der Waals surface area contributed by atoms with Crippen LogP contribution in [0.1, 0.15) is 48.6 Å². The molecular formula is C24H30O3. The maximum Gasteiger partial charge on any atom is 0.0774 e. The number of benzene rings is 2. The summed E-state index contributed by atoms with van der Waals surface area (Å²) < 4.78 is 0. The van der Waals surface area contributed by atoms with Gasteiger partial charge in [-0.2, -0.15) is 0 Å². The lowest BCUT2D eigenvalue weighted by Gasteiger charge is -2.10. The van der Waals surface area contributed by atoms with Crippen LogP contribution < -0.4 is 0 Å². The zero-order valence-electron chi connectivity index (χ0n) is 16.4. The first kappa shape index (κ1) is 21.1. The second-order valence-corrected chi connectivity index (χ2v) is 7.48. The van der Waals surface area contributed by atoms with E-state index in [1.54, 1.807) is 19.9 Å². The van der Waals surface area contributed by atoms with Crippen LogP contribution in [-0.2, 0) is 26.1 Å². The first-order valence-corrected chi connectivity index (χ1v) is 9.32. The summed E-state index contributed by atoms with van der Waals surface area (Å²) in [6, 6.07) is 14.3. The molecule has 0 aliphatic carbocycles. The van der Waals surface area contributed by atoms with Gasteiger partial charge in [-0.1, -0.05) is 60.7 Å².